The number of nitriles is 1. The molecule has 0 aliphatic heterocycles. The van der Waals surface area contributed by atoms with Crippen molar-refractivity contribution in [3.63, 3.8) is 0 Å². The summed E-state index contributed by atoms with van der Waals surface area (Å²) in [5.41, 5.74) is 7.12. The fourth-order valence-electron chi connectivity index (χ4n) is 2.22. The molecule has 124 valence electrons. The molecule has 3 N–H and O–H groups in total. The maximum absolute atomic E-state index is 11.9. The third-order valence-electron chi connectivity index (χ3n) is 3.43. The van der Waals surface area contributed by atoms with Crippen LogP contribution in [-0.2, 0) is 6.54 Å². The molecule has 2 aromatic rings. The van der Waals surface area contributed by atoms with E-state index >= 15 is 0 Å². The van der Waals surface area contributed by atoms with Crippen molar-refractivity contribution in [2.45, 2.75) is 25.8 Å². The lowest BCUT2D eigenvalue weighted by Gasteiger charge is -2.07. The van der Waals surface area contributed by atoms with E-state index in [0.29, 0.717) is 13.1 Å². The van der Waals surface area contributed by atoms with E-state index in [-0.39, 0.29) is 11.5 Å². The SMILES string of the molecule is N#CNC(N)=NCCCCCn1nc(-c2ccccc2)ccc1=O. The number of aliphatic imine (C=N–C) groups is 1. The van der Waals surface area contributed by atoms with E-state index in [4.69, 9.17) is 11.0 Å². The van der Waals surface area contributed by atoms with Crippen LogP contribution in [0.5, 0.6) is 0 Å². The van der Waals surface area contributed by atoms with Crippen molar-refractivity contribution >= 4 is 5.96 Å². The number of guanidine groups is 1. The summed E-state index contributed by atoms with van der Waals surface area (Å²) in [6, 6.07) is 13.1. The zero-order valence-corrected chi connectivity index (χ0v) is 13.4. The maximum Gasteiger partial charge on any atom is 0.266 e. The minimum absolute atomic E-state index is 0.102. The fraction of sp³-hybridized carbons (Fsp3) is 0.294. The number of hydrogen-bond donors (Lipinski definition) is 2. The van der Waals surface area contributed by atoms with Gasteiger partial charge in [-0.3, -0.25) is 15.1 Å². The van der Waals surface area contributed by atoms with Crippen LogP contribution in [-0.4, -0.2) is 22.3 Å². The van der Waals surface area contributed by atoms with Gasteiger partial charge in [-0.15, -0.1) is 0 Å². The number of aryl methyl sites for hydroxylation is 1. The fourth-order valence-corrected chi connectivity index (χ4v) is 2.22. The van der Waals surface area contributed by atoms with Crippen molar-refractivity contribution in [1.29, 1.82) is 5.26 Å². The second-order valence-electron chi connectivity index (χ2n) is 5.21. The van der Waals surface area contributed by atoms with Crippen LogP contribution >= 0.6 is 0 Å². The van der Waals surface area contributed by atoms with E-state index in [9.17, 15) is 4.79 Å². The zero-order chi connectivity index (χ0) is 17.2. The molecule has 24 heavy (non-hydrogen) atoms. The third kappa shape index (κ3) is 5.25. The molecule has 0 spiro atoms. The minimum atomic E-state index is -0.102. The Bertz CT molecular complexity index is 776. The highest BCUT2D eigenvalue weighted by Crippen LogP contribution is 2.14. The first-order valence-electron chi connectivity index (χ1n) is 7.79. The Balaban J connectivity index is 1.86. The van der Waals surface area contributed by atoms with E-state index in [2.05, 4.69) is 15.4 Å². The summed E-state index contributed by atoms with van der Waals surface area (Å²) < 4.78 is 1.50. The number of unbranched alkanes of at least 4 members (excludes halogenated alkanes) is 2. The maximum atomic E-state index is 11.9. The normalized spacial score (nSPS) is 11.0. The van der Waals surface area contributed by atoms with Crippen molar-refractivity contribution in [2.75, 3.05) is 6.54 Å². The predicted octanol–water partition coefficient (Wildman–Crippen LogP) is 1.47. The first-order chi connectivity index (χ1) is 11.7. The second kappa shape index (κ2) is 9.10. The van der Waals surface area contributed by atoms with Gasteiger partial charge in [0.2, 0.25) is 5.96 Å². The van der Waals surface area contributed by atoms with Gasteiger partial charge >= 0.3 is 0 Å². The van der Waals surface area contributed by atoms with Gasteiger partial charge in [-0.1, -0.05) is 30.3 Å². The highest BCUT2D eigenvalue weighted by Gasteiger charge is 2.03. The molecule has 1 aromatic heterocycles. The molecule has 7 nitrogen and oxygen atoms in total. The van der Waals surface area contributed by atoms with Crippen molar-refractivity contribution in [3.05, 3.63) is 52.8 Å². The number of aromatic nitrogens is 2. The van der Waals surface area contributed by atoms with E-state index in [1.54, 1.807) is 18.3 Å². The standard InChI is InChI=1S/C17H20N6O/c18-13-21-17(19)20-11-5-2-6-12-23-16(24)10-9-15(22-23)14-7-3-1-4-8-14/h1,3-4,7-10H,2,5-6,11-12H2,(H3,19,20,21). The third-order valence-corrected chi connectivity index (χ3v) is 3.43. The summed E-state index contributed by atoms with van der Waals surface area (Å²) in [6.07, 6.45) is 4.27. The summed E-state index contributed by atoms with van der Waals surface area (Å²) in [4.78, 5) is 15.9. The molecule has 0 unspecified atom stereocenters. The lowest BCUT2D eigenvalue weighted by atomic mass is 10.1. The molecule has 0 saturated heterocycles. The zero-order valence-electron chi connectivity index (χ0n) is 13.4. The Morgan fingerprint density at radius 3 is 2.75 bits per heavy atom. The van der Waals surface area contributed by atoms with Gasteiger partial charge in [-0.25, -0.2) is 4.68 Å². The molecule has 0 radical (unpaired) electrons. The Morgan fingerprint density at radius 2 is 2.00 bits per heavy atom. The van der Waals surface area contributed by atoms with Crippen LogP contribution < -0.4 is 16.6 Å². The number of hydrogen-bond acceptors (Lipinski definition) is 4. The molecule has 0 bridgehead atoms. The number of rotatable bonds is 7. The summed E-state index contributed by atoms with van der Waals surface area (Å²) in [5, 5.41) is 15.1. The quantitative estimate of drug-likeness (QED) is 0.263. The molecule has 7 heteroatoms. The van der Waals surface area contributed by atoms with Crippen LogP contribution in [0.2, 0.25) is 0 Å². The van der Waals surface area contributed by atoms with Gasteiger partial charge in [0.25, 0.3) is 5.56 Å². The van der Waals surface area contributed by atoms with E-state index in [1.165, 1.54) is 4.68 Å². The Hall–Kier alpha value is -3.14. The summed E-state index contributed by atoms with van der Waals surface area (Å²) in [6.45, 7) is 1.11. The number of nitrogens with zero attached hydrogens (tertiary/aromatic N) is 4. The van der Waals surface area contributed by atoms with Gasteiger partial charge in [0.15, 0.2) is 6.19 Å². The van der Waals surface area contributed by atoms with E-state index in [0.717, 1.165) is 30.5 Å². The average Bonchev–Trinajstić information content (AvgIpc) is 2.60. The molecule has 2 rings (SSSR count). The van der Waals surface area contributed by atoms with Crippen molar-refractivity contribution in [3.8, 4) is 17.5 Å². The van der Waals surface area contributed by atoms with Crippen molar-refractivity contribution in [1.82, 2.24) is 15.1 Å². The van der Waals surface area contributed by atoms with Gasteiger partial charge in [-0.2, -0.15) is 10.4 Å². The highest BCUT2D eigenvalue weighted by molar-refractivity contribution is 5.79. The largest absolute Gasteiger partial charge is 0.369 e. The molecule has 1 heterocycles. The highest BCUT2D eigenvalue weighted by atomic mass is 16.1. The van der Waals surface area contributed by atoms with E-state index < -0.39 is 0 Å². The smallest absolute Gasteiger partial charge is 0.266 e. The summed E-state index contributed by atoms with van der Waals surface area (Å²) in [7, 11) is 0. The van der Waals surface area contributed by atoms with Crippen LogP contribution in [0.3, 0.4) is 0 Å². The summed E-state index contributed by atoms with van der Waals surface area (Å²) in [5.74, 6) is 0.131. The first-order valence-corrected chi connectivity index (χ1v) is 7.79. The number of nitrogens with one attached hydrogen (secondary N) is 1. The van der Waals surface area contributed by atoms with E-state index in [1.807, 2.05) is 30.3 Å². The lowest BCUT2D eigenvalue weighted by Crippen LogP contribution is -2.27. The molecule has 0 amide bonds. The molecule has 0 aliphatic rings. The Labute approximate surface area is 140 Å². The molecule has 1 aromatic carbocycles. The molecule has 0 fully saturated rings. The van der Waals surface area contributed by atoms with Gasteiger partial charge in [-0.05, 0) is 25.3 Å². The van der Waals surface area contributed by atoms with Crippen LogP contribution in [0.4, 0.5) is 0 Å². The Morgan fingerprint density at radius 1 is 1.21 bits per heavy atom. The monoisotopic (exact) mass is 324 g/mol. The van der Waals surface area contributed by atoms with Gasteiger partial charge in [0.1, 0.15) is 0 Å². The topological polar surface area (TPSA) is 109 Å². The van der Waals surface area contributed by atoms with Crippen LogP contribution in [0.15, 0.2) is 52.3 Å². The number of nitrogens with two attached hydrogens (primary N) is 1. The first kappa shape index (κ1) is 17.2. The van der Waals surface area contributed by atoms with Crippen LogP contribution in [0.1, 0.15) is 19.3 Å². The molecular formula is C17H20N6O. The minimum Gasteiger partial charge on any atom is -0.369 e. The summed E-state index contributed by atoms with van der Waals surface area (Å²) >= 11 is 0. The molecule has 0 aliphatic carbocycles. The lowest BCUT2D eigenvalue weighted by molar-refractivity contribution is 0.525. The average molecular weight is 324 g/mol. The van der Waals surface area contributed by atoms with Gasteiger partial charge < -0.3 is 5.73 Å². The van der Waals surface area contributed by atoms with Gasteiger partial charge in [0, 0.05) is 24.7 Å². The van der Waals surface area contributed by atoms with Crippen LogP contribution in [0, 0.1) is 11.5 Å². The van der Waals surface area contributed by atoms with Crippen LogP contribution in [0.25, 0.3) is 11.3 Å². The molecule has 0 saturated carbocycles. The molecular weight excluding hydrogens is 304 g/mol. The van der Waals surface area contributed by atoms with Gasteiger partial charge in [0.05, 0.1) is 5.69 Å². The second-order valence-corrected chi connectivity index (χ2v) is 5.21. The number of benzene rings is 1. The van der Waals surface area contributed by atoms with Crippen molar-refractivity contribution in [2.24, 2.45) is 10.7 Å². The predicted molar refractivity (Wildman–Crippen MR) is 93.0 cm³/mol. The Kier molecular flexibility index (Phi) is 6.53. The van der Waals surface area contributed by atoms with Crippen molar-refractivity contribution < 1.29 is 0 Å². The molecule has 0 atom stereocenters.